The number of fused-ring (bicyclic) bond motifs is 4. The Bertz CT molecular complexity index is 2380. The number of methoxy groups -OCH3 is 1. The summed E-state index contributed by atoms with van der Waals surface area (Å²) in [5, 5.41) is 132. The lowest BCUT2D eigenvalue weighted by Gasteiger charge is -2.63. The van der Waals surface area contributed by atoms with E-state index in [0.717, 1.165) is 25.7 Å². The summed E-state index contributed by atoms with van der Waals surface area (Å²) in [6, 6.07) is 0. The molecule has 6 heterocycles. The maximum Gasteiger partial charge on any atom is 0.314 e. The Hall–Kier alpha value is -2.04. The summed E-state index contributed by atoms with van der Waals surface area (Å²) >= 11 is 0. The Morgan fingerprint density at radius 1 is 0.624 bits per heavy atom. The van der Waals surface area contributed by atoms with Gasteiger partial charge in [0.05, 0.1) is 50.0 Å². The van der Waals surface area contributed by atoms with Gasteiger partial charge in [-0.05, 0) is 92.8 Å². The lowest BCUT2D eigenvalue weighted by atomic mass is 9.41. The Labute approximate surface area is 494 Å². The zero-order valence-corrected chi connectivity index (χ0v) is 50.0. The topological polar surface area (TPSA) is 388 Å². The van der Waals surface area contributed by atoms with Crippen molar-refractivity contribution in [2.75, 3.05) is 33.5 Å². The summed E-state index contributed by atoms with van der Waals surface area (Å²) in [4.78, 5) is 28.9. The van der Waals surface area contributed by atoms with Crippen LogP contribution < -0.4 is 0 Å². The largest absolute Gasteiger partial charge is 0.458 e. The second kappa shape index (κ2) is 24.9. The SMILES string of the molecule is CO[C@@H]1[C@@H](O)[C@H](O[C@@H]2[C@@H](O)[C@H](O[C@H]3[C@H](O)[C@@H](O[C@@H]4OC[C@@H](O)[C@H](O)[C@H]4O)[C@H](O[C@H]4[C@H](O[C@H]5CC[C@]6(C)C7=CC[C@]89C(=O)O[C@@](C)(CCCC(C)C)[C@H]8C(=O)C[C@@]9(C)C7CCC6C5(C)C)OC[C@@H](O)[C@@H]4O)O[C@@H]3C)O[C@H](CO)[C@H]2O)O[C@H](CO)[C@H]1O. The van der Waals surface area contributed by atoms with Crippen LogP contribution >= 0.6 is 0 Å². The molecule has 10 aliphatic rings. The van der Waals surface area contributed by atoms with Gasteiger partial charge >= 0.3 is 5.97 Å². The van der Waals surface area contributed by atoms with Gasteiger partial charge in [-0.3, -0.25) is 9.59 Å². The number of carbonyl (C=O) groups is 2. The zero-order valence-electron chi connectivity index (χ0n) is 50.0. The van der Waals surface area contributed by atoms with Gasteiger partial charge in [-0.1, -0.05) is 59.6 Å². The maximum atomic E-state index is 14.5. The van der Waals surface area contributed by atoms with E-state index in [2.05, 4.69) is 47.6 Å². The van der Waals surface area contributed by atoms with Gasteiger partial charge in [0.15, 0.2) is 31.5 Å². The average molecular weight is 1220 g/mol. The van der Waals surface area contributed by atoms with Gasteiger partial charge < -0.3 is 118 Å². The monoisotopic (exact) mass is 1220 g/mol. The lowest BCUT2D eigenvalue weighted by molar-refractivity contribution is -0.403. The molecule has 1 spiro atoms. The van der Waals surface area contributed by atoms with E-state index in [1.54, 1.807) is 0 Å². The molecular weight excluding hydrogens is 1120 g/mol. The van der Waals surface area contributed by atoms with E-state index in [4.69, 9.17) is 56.8 Å². The van der Waals surface area contributed by atoms with Crippen LogP contribution in [-0.2, 0) is 66.4 Å². The van der Waals surface area contributed by atoms with Crippen molar-refractivity contribution in [3.63, 3.8) is 0 Å². The first-order valence-corrected chi connectivity index (χ1v) is 30.5. The summed E-state index contributed by atoms with van der Waals surface area (Å²) in [6.07, 6.45) is -30.7. The Balaban J connectivity index is 0.875. The van der Waals surface area contributed by atoms with E-state index in [0.29, 0.717) is 38.0 Å². The van der Waals surface area contributed by atoms with E-state index < -0.39 is 195 Å². The van der Waals surface area contributed by atoms with E-state index in [1.165, 1.54) is 19.6 Å². The molecule has 0 aromatic carbocycles. The lowest BCUT2D eigenvalue weighted by Crippen LogP contribution is -2.68. The number of esters is 1. The second-order valence-corrected chi connectivity index (χ2v) is 27.6. The normalized spacial score (nSPS) is 52.4. The predicted molar refractivity (Wildman–Crippen MR) is 287 cm³/mol. The highest BCUT2D eigenvalue weighted by Gasteiger charge is 2.79. The molecule has 0 aromatic rings. The van der Waals surface area contributed by atoms with Gasteiger partial charge in [0.1, 0.15) is 115 Å². The Morgan fingerprint density at radius 3 is 1.84 bits per heavy atom. The molecule has 26 heteroatoms. The van der Waals surface area contributed by atoms with Crippen molar-refractivity contribution in [2.24, 2.45) is 45.3 Å². The molecule has 3 saturated carbocycles. The molecule has 26 nitrogen and oxygen atoms in total. The van der Waals surface area contributed by atoms with Crippen molar-refractivity contribution < 1.29 is 128 Å². The van der Waals surface area contributed by atoms with Gasteiger partial charge in [-0.25, -0.2) is 0 Å². The first-order chi connectivity index (χ1) is 40.0. The van der Waals surface area contributed by atoms with Crippen molar-refractivity contribution in [1.82, 2.24) is 0 Å². The number of ketones is 1. The quantitative estimate of drug-likeness (QED) is 0.0440. The molecule has 12 N–H and O–H groups in total. The molecule has 0 radical (unpaired) electrons. The number of hydrogen-bond donors (Lipinski definition) is 12. The second-order valence-electron chi connectivity index (χ2n) is 27.6. The molecule has 2 unspecified atom stereocenters. The molecule has 6 aliphatic heterocycles. The van der Waals surface area contributed by atoms with Crippen LogP contribution in [0.25, 0.3) is 0 Å². The molecule has 6 saturated heterocycles. The number of aliphatic hydroxyl groups is 12. The summed E-state index contributed by atoms with van der Waals surface area (Å²) in [5.74, 6) is -0.209. The van der Waals surface area contributed by atoms with Crippen LogP contribution in [0.5, 0.6) is 0 Å². The van der Waals surface area contributed by atoms with Crippen molar-refractivity contribution in [3.05, 3.63) is 11.6 Å². The number of Topliss-reactive ketones (excluding diaryl/α,β-unsaturated/α-hetero) is 1. The number of rotatable bonds is 17. The summed E-state index contributed by atoms with van der Waals surface area (Å²) in [7, 11) is 1.19. The number of carbonyl (C=O) groups excluding carboxylic acids is 2. The first-order valence-electron chi connectivity index (χ1n) is 30.5. The van der Waals surface area contributed by atoms with E-state index >= 15 is 0 Å². The summed E-state index contributed by atoms with van der Waals surface area (Å²) in [6.45, 7) is 13.9. The highest BCUT2D eigenvalue weighted by molar-refractivity contribution is 5.99. The average Bonchev–Trinajstić information content (AvgIpc) is 1.56. The fraction of sp³-hybridized carbons (Fsp3) is 0.932. The van der Waals surface area contributed by atoms with Crippen LogP contribution in [0, 0.1) is 45.3 Å². The van der Waals surface area contributed by atoms with Crippen LogP contribution in [0.1, 0.15) is 113 Å². The van der Waals surface area contributed by atoms with Gasteiger partial charge in [-0.15, -0.1) is 0 Å². The van der Waals surface area contributed by atoms with Crippen LogP contribution in [0.2, 0.25) is 0 Å². The molecule has 0 aromatic heterocycles. The molecular formula is C59H94O26. The summed E-state index contributed by atoms with van der Waals surface area (Å²) < 4.78 is 72.8. The molecule has 0 amide bonds. The molecule has 9 fully saturated rings. The Morgan fingerprint density at radius 2 is 1.20 bits per heavy atom. The van der Waals surface area contributed by atoms with Crippen LogP contribution in [0.4, 0.5) is 0 Å². The fourth-order valence-corrected chi connectivity index (χ4v) is 17.1. The third-order valence-electron chi connectivity index (χ3n) is 21.8. The minimum atomic E-state index is -2.00. The van der Waals surface area contributed by atoms with Gasteiger partial charge in [-0.2, -0.15) is 0 Å². The highest BCUT2D eigenvalue weighted by atomic mass is 16.8. The number of ether oxygens (including phenoxy) is 12. The molecule has 10 rings (SSSR count). The number of aliphatic hydroxyl groups excluding tert-OH is 12. The molecule has 0 bridgehead atoms. The Kier molecular flexibility index (Phi) is 19.3. The smallest absolute Gasteiger partial charge is 0.314 e. The first kappa shape index (κ1) is 65.9. The zero-order chi connectivity index (χ0) is 61.8. The van der Waals surface area contributed by atoms with Gasteiger partial charge in [0.25, 0.3) is 0 Å². The van der Waals surface area contributed by atoms with Gasteiger partial charge in [0, 0.05) is 13.5 Å². The van der Waals surface area contributed by atoms with Crippen LogP contribution in [0.15, 0.2) is 11.6 Å². The molecule has 4 aliphatic carbocycles. The molecule has 85 heavy (non-hydrogen) atoms. The minimum Gasteiger partial charge on any atom is -0.458 e. The third-order valence-corrected chi connectivity index (χ3v) is 21.8. The van der Waals surface area contributed by atoms with Crippen LogP contribution in [0.3, 0.4) is 0 Å². The third kappa shape index (κ3) is 11.1. The van der Waals surface area contributed by atoms with Gasteiger partial charge in [0.2, 0.25) is 0 Å². The van der Waals surface area contributed by atoms with Crippen molar-refractivity contribution in [3.8, 4) is 0 Å². The van der Waals surface area contributed by atoms with Crippen molar-refractivity contribution in [1.29, 1.82) is 0 Å². The number of allylic oxidation sites excluding steroid dienone is 2. The van der Waals surface area contributed by atoms with E-state index in [-0.39, 0.29) is 35.6 Å². The fourth-order valence-electron chi connectivity index (χ4n) is 17.1. The minimum absolute atomic E-state index is 0.0255. The highest BCUT2D eigenvalue weighted by Crippen LogP contribution is 2.75. The molecule has 486 valence electrons. The summed E-state index contributed by atoms with van der Waals surface area (Å²) in [5.41, 5.74) is -2.15. The van der Waals surface area contributed by atoms with Crippen molar-refractivity contribution >= 4 is 11.8 Å². The van der Waals surface area contributed by atoms with Crippen molar-refractivity contribution in [2.45, 2.75) is 266 Å². The van der Waals surface area contributed by atoms with E-state index in [1.807, 2.05) is 6.92 Å². The predicted octanol–water partition coefficient (Wildman–Crippen LogP) is -1.67. The van der Waals surface area contributed by atoms with Crippen LogP contribution in [-0.4, -0.2) is 260 Å². The standard InChI is InChI=1S/C59H94O26/c1-24(2)11-10-16-58(8)48-28(62)19-57(7)27-12-13-33-55(4,5)34(15-17-56(33,6)26(27)14-18-59(48,57)54(73)85-58)80-52-46(36(66)30(64)23-76-52)84-53-47(83-49-39(69)35(65)29(63)22-75-49)40(70)43(25(3)77-53)81-51-42(72)45(38(68)32(21-61)79-51)82-50-41(71)44(74-9)37(67)31(20-60)78-50/h14,24-25,27,29-53,60-61,63-72H,10-13,15-23H2,1-9H3/t25-,27?,29-,30-,31-,32-,33?,34+,35+,36+,37-,38-,39-,40+,41-,42-,43-,44+,45+,46-,47-,48-,49+,50+,51+,52+,53+,56-,57+,58+,59-/m1/s1. The number of cyclic esters (lactones) is 1. The van der Waals surface area contributed by atoms with E-state index in [9.17, 15) is 70.9 Å². The maximum absolute atomic E-state index is 14.5. The number of hydrogen-bond acceptors (Lipinski definition) is 26. The molecule has 31 atom stereocenters.